The predicted molar refractivity (Wildman–Crippen MR) is 78.6 cm³/mol. The Morgan fingerprint density at radius 1 is 1.35 bits per heavy atom. The van der Waals surface area contributed by atoms with Gasteiger partial charge in [-0.05, 0) is 35.4 Å². The van der Waals surface area contributed by atoms with Crippen molar-refractivity contribution in [3.05, 3.63) is 57.3 Å². The molecule has 2 aromatic rings. The normalized spacial score (nSPS) is 14.8. The third-order valence-electron chi connectivity index (χ3n) is 3.34. The van der Waals surface area contributed by atoms with Crippen LogP contribution in [0.3, 0.4) is 0 Å². The Kier molecular flexibility index (Phi) is 3.83. The minimum atomic E-state index is -0.782. The molecule has 0 aliphatic carbocycles. The van der Waals surface area contributed by atoms with Crippen LogP contribution in [0.2, 0.25) is 10.0 Å². The van der Waals surface area contributed by atoms with Gasteiger partial charge in [0.2, 0.25) is 0 Å². The lowest BCUT2D eigenvalue weighted by molar-refractivity contribution is 0.172. The Hall–Kier alpha value is -1.29. The lowest BCUT2D eigenvalue weighted by Crippen LogP contribution is -2.06. The molecule has 1 aromatic carbocycles. The molecule has 0 spiro atoms. The predicted octanol–water partition coefficient (Wildman–Crippen LogP) is 3.60. The molecule has 1 aliphatic rings. The lowest BCUT2D eigenvalue weighted by Gasteiger charge is -2.14. The number of rotatable bonds is 3. The molecule has 1 N–H and O–H groups in total. The van der Waals surface area contributed by atoms with Crippen LogP contribution < -0.4 is 4.74 Å². The Balaban J connectivity index is 1.90. The number of ether oxygens (including phenoxy) is 1. The topological polar surface area (TPSA) is 42.4 Å². The van der Waals surface area contributed by atoms with E-state index in [0.29, 0.717) is 28.8 Å². The van der Waals surface area contributed by atoms with Crippen molar-refractivity contribution in [2.75, 3.05) is 6.61 Å². The minimum Gasteiger partial charge on any atom is -0.493 e. The van der Waals surface area contributed by atoms with Crippen LogP contribution >= 0.6 is 23.2 Å². The highest BCUT2D eigenvalue weighted by Gasteiger charge is 2.21. The van der Waals surface area contributed by atoms with Crippen molar-refractivity contribution in [2.24, 2.45) is 0 Å². The van der Waals surface area contributed by atoms with Crippen LogP contribution in [0.15, 0.2) is 30.5 Å². The van der Waals surface area contributed by atoms with Crippen molar-refractivity contribution in [1.29, 1.82) is 0 Å². The molecule has 20 heavy (non-hydrogen) atoms. The van der Waals surface area contributed by atoms with Gasteiger partial charge in [-0.15, -0.1) is 0 Å². The number of nitrogens with zero attached hydrogens (tertiary/aromatic N) is 1. The monoisotopic (exact) mass is 309 g/mol. The molecule has 0 saturated carbocycles. The molecule has 1 aromatic heterocycles. The van der Waals surface area contributed by atoms with Crippen LogP contribution in [0.5, 0.6) is 5.75 Å². The summed E-state index contributed by atoms with van der Waals surface area (Å²) in [5.41, 5.74) is 2.45. The van der Waals surface area contributed by atoms with Crippen molar-refractivity contribution >= 4 is 23.2 Å². The number of benzene rings is 1. The number of hydrogen-bond donors (Lipinski definition) is 1. The third kappa shape index (κ3) is 2.62. The van der Waals surface area contributed by atoms with Gasteiger partial charge in [-0.1, -0.05) is 23.2 Å². The van der Waals surface area contributed by atoms with Crippen molar-refractivity contribution in [3.63, 3.8) is 0 Å². The summed E-state index contributed by atoms with van der Waals surface area (Å²) in [6.45, 7) is 0.656. The highest BCUT2D eigenvalue weighted by molar-refractivity contribution is 6.31. The first-order valence-electron chi connectivity index (χ1n) is 6.37. The molecular weight excluding hydrogens is 297 g/mol. The van der Waals surface area contributed by atoms with E-state index < -0.39 is 6.10 Å². The largest absolute Gasteiger partial charge is 0.493 e. The summed E-state index contributed by atoms with van der Waals surface area (Å²) in [5.74, 6) is 0.834. The first-order valence-corrected chi connectivity index (χ1v) is 7.13. The highest BCUT2D eigenvalue weighted by atomic mass is 35.5. The molecule has 2 heterocycles. The molecule has 0 bridgehead atoms. The van der Waals surface area contributed by atoms with Crippen molar-refractivity contribution in [1.82, 2.24) is 4.98 Å². The summed E-state index contributed by atoms with van der Waals surface area (Å²) in [6, 6.07) is 7.18. The van der Waals surface area contributed by atoms with Gasteiger partial charge in [-0.25, -0.2) is 0 Å². The van der Waals surface area contributed by atoms with E-state index in [1.807, 2.05) is 12.1 Å². The Morgan fingerprint density at radius 2 is 2.20 bits per heavy atom. The standard InChI is InChI=1S/C15H13Cl2NO2/c16-11-6-9-3-5-20-15(9)10(7-11)8-13(19)14-12(17)2-1-4-18-14/h1-2,4,6-7,13,19H,3,5,8H2. The molecule has 3 rings (SSSR count). The fraction of sp³-hybridized carbons (Fsp3) is 0.267. The number of halogens is 2. The van der Waals surface area contributed by atoms with E-state index in [1.54, 1.807) is 18.3 Å². The van der Waals surface area contributed by atoms with Gasteiger partial charge in [0.25, 0.3) is 0 Å². The van der Waals surface area contributed by atoms with Crippen molar-refractivity contribution < 1.29 is 9.84 Å². The average molecular weight is 310 g/mol. The Labute approximate surface area is 127 Å². The minimum absolute atomic E-state index is 0.375. The van der Waals surface area contributed by atoms with Gasteiger partial charge in [0.1, 0.15) is 11.9 Å². The number of aliphatic hydroxyl groups is 1. The van der Waals surface area contributed by atoms with E-state index in [2.05, 4.69) is 4.98 Å². The first kappa shape index (κ1) is 13.7. The fourth-order valence-electron chi connectivity index (χ4n) is 2.45. The van der Waals surface area contributed by atoms with E-state index >= 15 is 0 Å². The summed E-state index contributed by atoms with van der Waals surface area (Å²) in [5, 5.41) is 11.4. The Morgan fingerprint density at radius 3 is 3.00 bits per heavy atom. The maximum absolute atomic E-state index is 10.3. The highest BCUT2D eigenvalue weighted by Crippen LogP contribution is 2.35. The molecule has 104 valence electrons. The molecule has 0 amide bonds. The quantitative estimate of drug-likeness (QED) is 0.942. The summed E-state index contributed by atoms with van der Waals surface area (Å²) < 4.78 is 5.63. The van der Waals surface area contributed by atoms with Gasteiger partial charge in [0.05, 0.1) is 17.3 Å². The zero-order chi connectivity index (χ0) is 14.1. The van der Waals surface area contributed by atoms with Crippen LogP contribution in [0.1, 0.15) is 22.9 Å². The summed E-state index contributed by atoms with van der Waals surface area (Å²) in [4.78, 5) is 4.13. The third-order valence-corrected chi connectivity index (χ3v) is 3.88. The van der Waals surface area contributed by atoms with Gasteiger partial charge >= 0.3 is 0 Å². The smallest absolute Gasteiger partial charge is 0.126 e. The number of aliphatic hydroxyl groups excluding tert-OH is 1. The van der Waals surface area contributed by atoms with Crippen molar-refractivity contribution in [2.45, 2.75) is 18.9 Å². The van der Waals surface area contributed by atoms with E-state index in [9.17, 15) is 5.11 Å². The molecule has 0 radical (unpaired) electrons. The van der Waals surface area contributed by atoms with Crippen molar-refractivity contribution in [3.8, 4) is 5.75 Å². The molecule has 0 saturated heterocycles. The molecule has 3 nitrogen and oxygen atoms in total. The second-order valence-corrected chi connectivity index (χ2v) is 5.59. The maximum Gasteiger partial charge on any atom is 0.126 e. The van der Waals surface area contributed by atoms with Crippen LogP contribution in [-0.2, 0) is 12.8 Å². The molecule has 5 heteroatoms. The van der Waals surface area contributed by atoms with Crippen LogP contribution in [-0.4, -0.2) is 16.7 Å². The van der Waals surface area contributed by atoms with Crippen LogP contribution in [0.25, 0.3) is 0 Å². The number of aromatic nitrogens is 1. The zero-order valence-corrected chi connectivity index (χ0v) is 12.2. The number of fused-ring (bicyclic) bond motifs is 1. The van der Waals surface area contributed by atoms with Gasteiger partial charge in [-0.3, -0.25) is 4.98 Å². The summed E-state index contributed by atoms with van der Waals surface area (Å²) >= 11 is 12.2. The maximum atomic E-state index is 10.3. The fourth-order valence-corrected chi connectivity index (χ4v) is 2.96. The van der Waals surface area contributed by atoms with Gasteiger partial charge in [0.15, 0.2) is 0 Å². The van der Waals surface area contributed by atoms with Gasteiger partial charge in [0, 0.05) is 24.1 Å². The van der Waals surface area contributed by atoms with E-state index in [0.717, 1.165) is 23.3 Å². The first-order chi connectivity index (χ1) is 9.65. The Bertz CT molecular complexity index is 646. The van der Waals surface area contributed by atoms with Crippen LogP contribution in [0.4, 0.5) is 0 Å². The molecule has 0 fully saturated rings. The second kappa shape index (κ2) is 5.60. The van der Waals surface area contributed by atoms with Gasteiger partial charge in [-0.2, -0.15) is 0 Å². The average Bonchev–Trinajstić information content (AvgIpc) is 2.87. The van der Waals surface area contributed by atoms with E-state index in [4.69, 9.17) is 27.9 Å². The molecular formula is C15H13Cl2NO2. The van der Waals surface area contributed by atoms with Crippen LogP contribution in [0, 0.1) is 0 Å². The number of hydrogen-bond acceptors (Lipinski definition) is 3. The van der Waals surface area contributed by atoms with E-state index in [1.165, 1.54) is 0 Å². The molecule has 1 atom stereocenters. The SMILES string of the molecule is OC(Cc1cc(Cl)cc2c1OCC2)c1ncccc1Cl. The van der Waals surface area contributed by atoms with Gasteiger partial charge < -0.3 is 9.84 Å². The lowest BCUT2D eigenvalue weighted by atomic mass is 10.0. The summed E-state index contributed by atoms with van der Waals surface area (Å²) in [6.07, 6.45) is 2.06. The van der Waals surface area contributed by atoms with E-state index in [-0.39, 0.29) is 0 Å². The molecule has 1 unspecified atom stereocenters. The zero-order valence-electron chi connectivity index (χ0n) is 10.6. The second-order valence-electron chi connectivity index (χ2n) is 4.74. The number of pyridine rings is 1. The summed E-state index contributed by atoms with van der Waals surface area (Å²) in [7, 11) is 0. The molecule has 1 aliphatic heterocycles.